The summed E-state index contributed by atoms with van der Waals surface area (Å²) in [6.45, 7) is 4.59. The molecule has 3 aromatic rings. The van der Waals surface area contributed by atoms with E-state index in [1.165, 1.54) is 54.8 Å². The molecular formula is C27H22N2S. The van der Waals surface area contributed by atoms with E-state index in [0.717, 1.165) is 0 Å². The van der Waals surface area contributed by atoms with E-state index in [0.29, 0.717) is 6.04 Å². The molecule has 7 rings (SSSR count). The SMILES string of the molecule is CC1=C(C)N2c3cccc4c3S(=C3c5ccccc5C=C1C32)c1ccccc1N4C. The highest BCUT2D eigenvalue weighted by Crippen LogP contribution is 2.62. The maximum absolute atomic E-state index is 2.61. The van der Waals surface area contributed by atoms with Crippen LogP contribution in [0.1, 0.15) is 25.0 Å². The lowest BCUT2D eigenvalue weighted by atomic mass is 9.86. The highest BCUT2D eigenvalue weighted by molar-refractivity contribution is 8.17. The van der Waals surface area contributed by atoms with Gasteiger partial charge in [0, 0.05) is 22.5 Å². The zero-order valence-electron chi connectivity index (χ0n) is 17.3. The van der Waals surface area contributed by atoms with Gasteiger partial charge in [-0.2, -0.15) is 0 Å². The van der Waals surface area contributed by atoms with E-state index < -0.39 is 0 Å². The first-order valence-corrected chi connectivity index (χ1v) is 11.7. The molecule has 0 spiro atoms. The molecule has 2 nitrogen and oxygen atoms in total. The van der Waals surface area contributed by atoms with Gasteiger partial charge in [-0.25, -0.2) is 0 Å². The molecule has 3 aliphatic heterocycles. The van der Waals surface area contributed by atoms with Crippen molar-refractivity contribution in [3.63, 3.8) is 0 Å². The molecule has 0 radical (unpaired) electrons. The summed E-state index contributed by atoms with van der Waals surface area (Å²) in [4.78, 5) is 9.49. The number of hydrogen-bond donors (Lipinski definition) is 0. The van der Waals surface area contributed by atoms with Gasteiger partial charge in [0.05, 0.1) is 28.0 Å². The summed E-state index contributed by atoms with van der Waals surface area (Å²) in [5.41, 5.74) is 11.1. The van der Waals surface area contributed by atoms with Gasteiger partial charge in [0.25, 0.3) is 0 Å². The van der Waals surface area contributed by atoms with Crippen molar-refractivity contribution in [1.29, 1.82) is 0 Å². The molecule has 3 heterocycles. The largest absolute Gasteiger partial charge is 0.343 e. The predicted octanol–water partition coefficient (Wildman–Crippen LogP) is 6.57. The van der Waals surface area contributed by atoms with E-state index in [4.69, 9.17) is 0 Å². The number of hydrogen-bond acceptors (Lipinski definition) is 2. The lowest BCUT2D eigenvalue weighted by Gasteiger charge is -2.45. The smallest absolute Gasteiger partial charge is 0.0908 e. The highest BCUT2D eigenvalue weighted by atomic mass is 32.2. The number of allylic oxidation sites excluding steroid dienone is 1. The zero-order chi connectivity index (χ0) is 20.1. The minimum Gasteiger partial charge on any atom is -0.343 e. The maximum atomic E-state index is 2.61. The highest BCUT2D eigenvalue weighted by Gasteiger charge is 2.46. The zero-order valence-corrected chi connectivity index (χ0v) is 18.1. The van der Waals surface area contributed by atoms with Crippen LogP contribution in [0.3, 0.4) is 0 Å². The van der Waals surface area contributed by atoms with Gasteiger partial charge in [-0.3, -0.25) is 0 Å². The average molecular weight is 407 g/mol. The third kappa shape index (κ3) is 1.81. The third-order valence-electron chi connectivity index (χ3n) is 7.14. The summed E-state index contributed by atoms with van der Waals surface area (Å²) in [6, 6.07) is 25.1. The van der Waals surface area contributed by atoms with Crippen molar-refractivity contribution in [2.75, 3.05) is 16.8 Å². The fourth-order valence-corrected chi connectivity index (χ4v) is 8.58. The molecule has 0 saturated carbocycles. The van der Waals surface area contributed by atoms with Crippen molar-refractivity contribution < 1.29 is 0 Å². The third-order valence-corrected chi connectivity index (χ3v) is 9.63. The molecular weight excluding hydrogens is 384 g/mol. The predicted molar refractivity (Wildman–Crippen MR) is 128 cm³/mol. The van der Waals surface area contributed by atoms with Crippen LogP contribution in [0, 0.1) is 0 Å². The number of nitrogens with zero attached hydrogens (tertiary/aromatic N) is 2. The summed E-state index contributed by atoms with van der Waals surface area (Å²) in [5, 5.41) is 0. The Morgan fingerprint density at radius 2 is 1.53 bits per heavy atom. The Balaban J connectivity index is 1.72. The fraction of sp³-hybridized carbons (Fsp3) is 0.148. The van der Waals surface area contributed by atoms with E-state index in [1.54, 1.807) is 4.86 Å². The molecule has 30 heavy (non-hydrogen) atoms. The van der Waals surface area contributed by atoms with Crippen molar-refractivity contribution in [1.82, 2.24) is 0 Å². The topological polar surface area (TPSA) is 6.48 Å². The molecule has 146 valence electrons. The van der Waals surface area contributed by atoms with Crippen LogP contribution in [-0.2, 0) is 0 Å². The van der Waals surface area contributed by atoms with Crippen molar-refractivity contribution in [2.45, 2.75) is 29.7 Å². The van der Waals surface area contributed by atoms with Crippen molar-refractivity contribution in [2.24, 2.45) is 0 Å². The molecule has 2 unspecified atom stereocenters. The Morgan fingerprint density at radius 1 is 0.800 bits per heavy atom. The Bertz CT molecular complexity index is 1390. The van der Waals surface area contributed by atoms with E-state index >= 15 is 0 Å². The maximum Gasteiger partial charge on any atom is 0.0908 e. The summed E-state index contributed by atoms with van der Waals surface area (Å²) < 4.78 is 0. The van der Waals surface area contributed by atoms with Crippen molar-refractivity contribution >= 4 is 38.5 Å². The molecule has 0 bridgehead atoms. The summed E-state index contributed by atoms with van der Waals surface area (Å²) in [6.07, 6.45) is 2.43. The van der Waals surface area contributed by atoms with Crippen LogP contribution in [0.2, 0.25) is 0 Å². The van der Waals surface area contributed by atoms with E-state index in [1.807, 2.05) is 0 Å². The van der Waals surface area contributed by atoms with E-state index in [9.17, 15) is 0 Å². The van der Waals surface area contributed by atoms with Crippen molar-refractivity contribution in [3.05, 3.63) is 94.7 Å². The Morgan fingerprint density at radius 3 is 2.43 bits per heavy atom. The first-order chi connectivity index (χ1) is 14.7. The van der Waals surface area contributed by atoms with Gasteiger partial charge in [0.1, 0.15) is 0 Å². The Labute approximate surface area is 179 Å². The Hall–Kier alpha value is -3.04. The number of fused-ring (bicyclic) bond motifs is 5. The van der Waals surface area contributed by atoms with Crippen LogP contribution in [-0.4, -0.2) is 18.0 Å². The molecule has 0 N–H and O–H groups in total. The van der Waals surface area contributed by atoms with Crippen LogP contribution < -0.4 is 9.80 Å². The minimum atomic E-state index is -0.0903. The van der Waals surface area contributed by atoms with E-state index in [2.05, 4.69) is 104 Å². The number of para-hydroxylation sites is 1. The molecule has 0 fully saturated rings. The Kier molecular flexibility index (Phi) is 3.10. The fourth-order valence-electron chi connectivity index (χ4n) is 5.63. The first-order valence-electron chi connectivity index (χ1n) is 10.5. The van der Waals surface area contributed by atoms with E-state index in [-0.39, 0.29) is 10.5 Å². The first kappa shape index (κ1) is 16.7. The van der Waals surface area contributed by atoms with Gasteiger partial charge in [-0.15, -0.1) is 10.5 Å². The second kappa shape index (κ2) is 5.55. The molecule has 3 aromatic carbocycles. The van der Waals surface area contributed by atoms with Gasteiger partial charge in [0.2, 0.25) is 0 Å². The van der Waals surface area contributed by atoms with Crippen LogP contribution >= 0.6 is 10.5 Å². The van der Waals surface area contributed by atoms with Crippen molar-refractivity contribution in [3.8, 4) is 0 Å². The molecule has 0 amide bonds. The monoisotopic (exact) mass is 406 g/mol. The molecule has 0 saturated heterocycles. The van der Waals surface area contributed by atoms with Gasteiger partial charge in [-0.05, 0) is 66.5 Å². The minimum absolute atomic E-state index is 0.0903. The van der Waals surface area contributed by atoms with Crippen LogP contribution in [0.5, 0.6) is 0 Å². The quantitative estimate of drug-likeness (QED) is 0.390. The van der Waals surface area contributed by atoms with Crippen LogP contribution in [0.25, 0.3) is 6.08 Å². The van der Waals surface area contributed by atoms with Gasteiger partial charge in [-0.1, -0.05) is 42.5 Å². The molecule has 4 aliphatic rings. The molecule has 0 aromatic heterocycles. The standard InChI is InChI=1S/C27H22N2S/c1-16-17(2)29-23-13-8-12-22-27(23)30(24-14-7-6-11-21(24)28(22)3)26-19-10-5-4-9-18(19)15-20(16)25(26)29/h4-15,25H,1-3H3. The van der Waals surface area contributed by atoms with Gasteiger partial charge < -0.3 is 9.80 Å². The number of benzene rings is 3. The second-order valence-electron chi connectivity index (χ2n) is 8.49. The number of anilines is 3. The molecule has 1 aliphatic carbocycles. The molecule has 3 heteroatoms. The van der Waals surface area contributed by atoms with Gasteiger partial charge in [0.15, 0.2) is 0 Å². The number of rotatable bonds is 0. The molecule has 2 atom stereocenters. The summed E-state index contributed by atoms with van der Waals surface area (Å²) in [5.74, 6) is 0. The van der Waals surface area contributed by atoms with Gasteiger partial charge >= 0.3 is 0 Å². The lowest BCUT2D eigenvalue weighted by Crippen LogP contribution is -2.43. The summed E-state index contributed by atoms with van der Waals surface area (Å²) in [7, 11) is 2.12. The lowest BCUT2D eigenvalue weighted by molar-refractivity contribution is 0.922. The van der Waals surface area contributed by atoms with Crippen LogP contribution in [0.4, 0.5) is 17.1 Å². The van der Waals surface area contributed by atoms with Crippen LogP contribution in [0.15, 0.2) is 93.4 Å². The summed E-state index contributed by atoms with van der Waals surface area (Å²) >= 11 is 0. The second-order valence-corrected chi connectivity index (χ2v) is 10.4. The normalized spacial score (nSPS) is 22.4. The average Bonchev–Trinajstić information content (AvgIpc) is 3.04.